The zero-order valence-corrected chi connectivity index (χ0v) is 19.6. The molecule has 1 amide bonds. The van der Waals surface area contributed by atoms with E-state index < -0.39 is 6.10 Å². The first-order valence-electron chi connectivity index (χ1n) is 12.6. The molecule has 2 N–H and O–H groups in total. The second-order valence-electron chi connectivity index (χ2n) is 9.69. The Morgan fingerprint density at radius 3 is 2.69 bits per heavy atom. The molecule has 0 spiro atoms. The number of allylic oxidation sites excluding steroid dienone is 3. The van der Waals surface area contributed by atoms with Gasteiger partial charge < -0.3 is 15.1 Å². The van der Waals surface area contributed by atoms with Crippen molar-refractivity contribution in [2.75, 3.05) is 13.1 Å². The summed E-state index contributed by atoms with van der Waals surface area (Å²) in [6, 6.07) is 10.3. The highest BCUT2D eigenvalue weighted by atomic mass is 16.3. The average molecular weight is 440 g/mol. The van der Waals surface area contributed by atoms with Gasteiger partial charge >= 0.3 is 0 Å². The summed E-state index contributed by atoms with van der Waals surface area (Å²) in [7, 11) is 0. The van der Waals surface area contributed by atoms with Gasteiger partial charge in [-0.3, -0.25) is 4.79 Å². The molecule has 4 heteroatoms. The number of likely N-dealkylation sites (tertiary alicyclic amines) is 1. The van der Waals surface area contributed by atoms with E-state index >= 15 is 0 Å². The van der Waals surface area contributed by atoms with Crippen molar-refractivity contribution >= 4 is 5.91 Å². The zero-order chi connectivity index (χ0) is 22.8. The largest absolute Gasteiger partial charge is 0.393 e. The summed E-state index contributed by atoms with van der Waals surface area (Å²) in [5, 5.41) is 21.0. The van der Waals surface area contributed by atoms with E-state index in [4.69, 9.17) is 0 Å². The minimum Gasteiger partial charge on any atom is -0.393 e. The van der Waals surface area contributed by atoms with Gasteiger partial charge in [0.05, 0.1) is 12.2 Å². The summed E-state index contributed by atoms with van der Waals surface area (Å²) in [5.41, 5.74) is 1.25. The van der Waals surface area contributed by atoms with Crippen molar-refractivity contribution in [2.45, 2.75) is 76.9 Å². The van der Waals surface area contributed by atoms with Crippen molar-refractivity contribution < 1.29 is 15.0 Å². The number of aliphatic hydroxyl groups excluding tert-OH is 2. The van der Waals surface area contributed by atoms with Crippen molar-refractivity contribution in [1.29, 1.82) is 0 Å². The normalized spacial score (nSPS) is 27.0. The van der Waals surface area contributed by atoms with E-state index in [1.165, 1.54) is 5.56 Å². The van der Waals surface area contributed by atoms with Crippen LogP contribution in [0.25, 0.3) is 0 Å². The topological polar surface area (TPSA) is 60.8 Å². The molecule has 32 heavy (non-hydrogen) atoms. The van der Waals surface area contributed by atoms with E-state index in [0.717, 1.165) is 58.0 Å². The first kappa shape index (κ1) is 24.7. The number of unbranched alkanes of at least 4 members (excludes halogenated alkanes) is 1. The molecule has 4 nitrogen and oxygen atoms in total. The van der Waals surface area contributed by atoms with E-state index in [2.05, 4.69) is 37.3 Å². The summed E-state index contributed by atoms with van der Waals surface area (Å²) in [6.07, 6.45) is 15.7. The van der Waals surface area contributed by atoms with Crippen LogP contribution in [0.2, 0.25) is 0 Å². The smallest absolute Gasteiger partial charge is 0.222 e. The molecule has 1 aromatic rings. The fourth-order valence-corrected chi connectivity index (χ4v) is 5.22. The minimum atomic E-state index is -0.454. The number of aliphatic hydroxyl groups is 2. The van der Waals surface area contributed by atoms with Gasteiger partial charge in [-0.2, -0.15) is 0 Å². The Morgan fingerprint density at radius 2 is 1.94 bits per heavy atom. The average Bonchev–Trinajstić information content (AvgIpc) is 3.42. The third kappa shape index (κ3) is 7.60. The standard InChI is InChI=1S/C28H41NO3/c1-22-21-27(31)26(13-7-2-3-8-14-28(32)29-19-9-10-20-29)25(22)18-17-24(30)16-15-23-11-5-4-6-12-23/h2,4-7,11-12,17-18,22,24-27,30-31H,3,8-10,13-16,19-21H2,1H3/t22-,24+,25+,26-,27+/m1/s1. The van der Waals surface area contributed by atoms with Crippen LogP contribution in [0.5, 0.6) is 0 Å². The Balaban J connectivity index is 1.40. The van der Waals surface area contributed by atoms with Crippen molar-refractivity contribution in [1.82, 2.24) is 4.90 Å². The first-order valence-corrected chi connectivity index (χ1v) is 12.6. The minimum absolute atomic E-state index is 0.199. The van der Waals surface area contributed by atoms with E-state index in [0.29, 0.717) is 24.7 Å². The molecule has 1 aliphatic heterocycles. The Morgan fingerprint density at radius 1 is 1.19 bits per heavy atom. The van der Waals surface area contributed by atoms with E-state index in [9.17, 15) is 15.0 Å². The van der Waals surface area contributed by atoms with Crippen molar-refractivity contribution in [3.63, 3.8) is 0 Å². The van der Waals surface area contributed by atoms with Crippen molar-refractivity contribution in [2.24, 2.45) is 17.8 Å². The lowest BCUT2D eigenvalue weighted by molar-refractivity contribution is -0.130. The molecule has 2 fully saturated rings. The molecule has 0 unspecified atom stereocenters. The lowest BCUT2D eigenvalue weighted by Crippen LogP contribution is -2.27. The molecular formula is C28H41NO3. The number of hydrogen-bond donors (Lipinski definition) is 2. The molecule has 2 aliphatic rings. The van der Waals surface area contributed by atoms with Crippen LogP contribution in [0.4, 0.5) is 0 Å². The Bertz CT molecular complexity index is 738. The van der Waals surface area contributed by atoms with Gasteiger partial charge in [0.2, 0.25) is 5.91 Å². The summed E-state index contributed by atoms with van der Waals surface area (Å²) < 4.78 is 0. The van der Waals surface area contributed by atoms with Crippen LogP contribution in [-0.2, 0) is 11.2 Å². The van der Waals surface area contributed by atoms with Crippen LogP contribution in [0.1, 0.15) is 63.9 Å². The first-order chi connectivity index (χ1) is 15.5. The predicted molar refractivity (Wildman–Crippen MR) is 130 cm³/mol. The van der Waals surface area contributed by atoms with Crippen LogP contribution in [0.3, 0.4) is 0 Å². The highest BCUT2D eigenvalue weighted by Gasteiger charge is 2.37. The molecule has 0 radical (unpaired) electrons. The fourth-order valence-electron chi connectivity index (χ4n) is 5.22. The quantitative estimate of drug-likeness (QED) is 0.380. The number of benzene rings is 1. The van der Waals surface area contributed by atoms with Crippen LogP contribution < -0.4 is 0 Å². The number of aryl methyl sites for hydroxylation is 1. The molecule has 1 aromatic carbocycles. The van der Waals surface area contributed by atoms with Crippen LogP contribution in [0, 0.1) is 17.8 Å². The van der Waals surface area contributed by atoms with Gasteiger partial charge in [-0.25, -0.2) is 0 Å². The SMILES string of the molecule is C[C@@H]1C[C@H](O)[C@H](CC=CCCCC(=O)N2CCCC2)[C@H]1C=C[C@@H](O)CCc1ccccc1. The van der Waals surface area contributed by atoms with Crippen LogP contribution in [0.15, 0.2) is 54.6 Å². The number of carbonyl (C=O) groups is 1. The molecule has 0 aromatic heterocycles. The van der Waals surface area contributed by atoms with Gasteiger partial charge in [0, 0.05) is 19.5 Å². The lowest BCUT2D eigenvalue weighted by Gasteiger charge is -2.20. The molecule has 1 aliphatic carbocycles. The lowest BCUT2D eigenvalue weighted by atomic mass is 9.86. The molecule has 1 heterocycles. The maximum absolute atomic E-state index is 12.1. The Hall–Kier alpha value is -1.91. The van der Waals surface area contributed by atoms with Crippen LogP contribution >= 0.6 is 0 Å². The molecule has 1 saturated heterocycles. The maximum Gasteiger partial charge on any atom is 0.222 e. The van der Waals surface area contributed by atoms with Gasteiger partial charge in [0.1, 0.15) is 0 Å². The van der Waals surface area contributed by atoms with E-state index in [-0.39, 0.29) is 17.9 Å². The van der Waals surface area contributed by atoms with E-state index in [1.54, 1.807) is 0 Å². The molecule has 1 saturated carbocycles. The summed E-state index contributed by atoms with van der Waals surface area (Å²) >= 11 is 0. The maximum atomic E-state index is 12.1. The number of hydrogen-bond acceptors (Lipinski definition) is 3. The van der Waals surface area contributed by atoms with Crippen LogP contribution in [-0.4, -0.2) is 46.3 Å². The number of amides is 1. The number of nitrogens with zero attached hydrogens (tertiary/aromatic N) is 1. The predicted octanol–water partition coefficient (Wildman–Crippen LogP) is 4.91. The van der Waals surface area contributed by atoms with Gasteiger partial charge in [0.25, 0.3) is 0 Å². The Labute approximate surface area is 194 Å². The summed E-state index contributed by atoms with van der Waals surface area (Å²) in [6.45, 7) is 4.06. The highest BCUT2D eigenvalue weighted by Crippen LogP contribution is 2.40. The van der Waals surface area contributed by atoms with Gasteiger partial charge in [0.15, 0.2) is 0 Å². The third-order valence-corrected chi connectivity index (χ3v) is 7.18. The Kier molecular flexibility index (Phi) is 10.0. The van der Waals surface area contributed by atoms with Crippen molar-refractivity contribution in [3.8, 4) is 0 Å². The monoisotopic (exact) mass is 439 g/mol. The second-order valence-corrected chi connectivity index (χ2v) is 9.69. The van der Waals surface area contributed by atoms with Gasteiger partial charge in [-0.1, -0.05) is 61.6 Å². The zero-order valence-electron chi connectivity index (χ0n) is 19.6. The summed E-state index contributed by atoms with van der Waals surface area (Å²) in [5.74, 6) is 1.20. The molecular weight excluding hydrogens is 398 g/mol. The second kappa shape index (κ2) is 13.0. The van der Waals surface area contributed by atoms with Gasteiger partial charge in [-0.15, -0.1) is 0 Å². The molecule has 3 rings (SSSR count). The summed E-state index contributed by atoms with van der Waals surface area (Å²) in [4.78, 5) is 14.1. The number of rotatable bonds is 11. The number of carbonyl (C=O) groups excluding carboxylic acids is 1. The molecule has 5 atom stereocenters. The van der Waals surface area contributed by atoms with Crippen molar-refractivity contribution in [3.05, 3.63) is 60.2 Å². The van der Waals surface area contributed by atoms with Gasteiger partial charge in [-0.05, 0) is 74.7 Å². The fraction of sp³-hybridized carbons (Fsp3) is 0.607. The molecule has 0 bridgehead atoms. The third-order valence-electron chi connectivity index (χ3n) is 7.18. The van der Waals surface area contributed by atoms with E-state index in [1.807, 2.05) is 29.2 Å². The molecule has 176 valence electrons. The highest BCUT2D eigenvalue weighted by molar-refractivity contribution is 5.76.